The van der Waals surface area contributed by atoms with Crippen LogP contribution in [0, 0.1) is 0 Å². The molecule has 2 N–H and O–H groups in total. The summed E-state index contributed by atoms with van der Waals surface area (Å²) in [6, 6.07) is 16.5. The molecule has 2 rings (SSSR count). The van der Waals surface area contributed by atoms with Crippen molar-refractivity contribution in [3.8, 4) is 0 Å². The van der Waals surface area contributed by atoms with Crippen LogP contribution >= 0.6 is 0 Å². The fourth-order valence-corrected chi connectivity index (χ4v) is 2.63. The number of esters is 1. The van der Waals surface area contributed by atoms with Crippen molar-refractivity contribution >= 4 is 17.6 Å². The molecule has 2 aromatic carbocycles. The zero-order chi connectivity index (χ0) is 19.6. The summed E-state index contributed by atoms with van der Waals surface area (Å²) in [7, 11) is 0. The molecule has 0 aliphatic carbocycles. The number of aliphatic hydroxyl groups excluding tert-OH is 1. The fourth-order valence-electron chi connectivity index (χ4n) is 2.63. The minimum atomic E-state index is -0.576. The summed E-state index contributed by atoms with van der Waals surface area (Å²) in [6.45, 7) is 4.27. The number of ether oxygens (including phenoxy) is 1. The number of nitrogens with zero attached hydrogens (tertiary/aromatic N) is 1. The van der Waals surface area contributed by atoms with Crippen LogP contribution in [0.3, 0.4) is 0 Å². The molecule has 0 saturated heterocycles. The molecule has 27 heavy (non-hydrogen) atoms. The molecule has 0 aliphatic rings. The topological polar surface area (TPSA) is 78.9 Å². The summed E-state index contributed by atoms with van der Waals surface area (Å²) in [5.41, 5.74) is 1.91. The van der Waals surface area contributed by atoms with Gasteiger partial charge in [-0.15, -0.1) is 0 Å². The maximum absolute atomic E-state index is 12.6. The molecule has 0 radical (unpaired) electrons. The third kappa shape index (κ3) is 6.11. The number of hydrogen-bond donors (Lipinski definition) is 2. The SMILES string of the molecule is CC(C)N(Cc1ccccc1)C(=O)COC(=O)c1ccccc1NCCO. The zero-order valence-corrected chi connectivity index (χ0v) is 15.7. The Hall–Kier alpha value is -2.86. The predicted molar refractivity (Wildman–Crippen MR) is 104 cm³/mol. The van der Waals surface area contributed by atoms with Crippen molar-refractivity contribution < 1.29 is 19.4 Å². The number of rotatable bonds is 9. The average molecular weight is 370 g/mol. The van der Waals surface area contributed by atoms with Gasteiger partial charge in [-0.1, -0.05) is 42.5 Å². The van der Waals surface area contributed by atoms with Crippen LogP contribution in [-0.4, -0.2) is 47.7 Å². The van der Waals surface area contributed by atoms with E-state index < -0.39 is 5.97 Å². The second-order valence-corrected chi connectivity index (χ2v) is 6.37. The van der Waals surface area contributed by atoms with Gasteiger partial charge >= 0.3 is 5.97 Å². The van der Waals surface area contributed by atoms with Crippen LogP contribution < -0.4 is 5.32 Å². The van der Waals surface area contributed by atoms with Crippen LogP contribution in [0.15, 0.2) is 54.6 Å². The number of anilines is 1. The number of benzene rings is 2. The quantitative estimate of drug-likeness (QED) is 0.664. The monoisotopic (exact) mass is 370 g/mol. The lowest BCUT2D eigenvalue weighted by atomic mass is 10.1. The molecule has 0 unspecified atom stereocenters. The molecule has 0 bridgehead atoms. The van der Waals surface area contributed by atoms with E-state index in [9.17, 15) is 9.59 Å². The Morgan fingerprint density at radius 2 is 1.74 bits per heavy atom. The molecule has 0 heterocycles. The van der Waals surface area contributed by atoms with Crippen molar-refractivity contribution in [1.82, 2.24) is 4.90 Å². The molecule has 0 atom stereocenters. The Morgan fingerprint density at radius 3 is 2.41 bits per heavy atom. The second kappa shape index (κ2) is 10.3. The normalized spacial score (nSPS) is 10.5. The predicted octanol–water partition coefficient (Wildman–Crippen LogP) is 2.68. The highest BCUT2D eigenvalue weighted by Gasteiger charge is 2.20. The third-order valence-electron chi connectivity index (χ3n) is 4.04. The zero-order valence-electron chi connectivity index (χ0n) is 15.7. The van der Waals surface area contributed by atoms with Gasteiger partial charge in [0.1, 0.15) is 0 Å². The van der Waals surface area contributed by atoms with E-state index in [0.717, 1.165) is 5.56 Å². The number of nitrogens with one attached hydrogen (secondary N) is 1. The molecule has 6 heteroatoms. The number of aliphatic hydroxyl groups is 1. The Morgan fingerprint density at radius 1 is 1.07 bits per heavy atom. The van der Waals surface area contributed by atoms with Crippen LogP contribution in [0.4, 0.5) is 5.69 Å². The van der Waals surface area contributed by atoms with Crippen molar-refractivity contribution in [2.45, 2.75) is 26.4 Å². The molecule has 0 aromatic heterocycles. The highest BCUT2D eigenvalue weighted by molar-refractivity contribution is 5.96. The summed E-state index contributed by atoms with van der Waals surface area (Å²) in [6.07, 6.45) is 0. The largest absolute Gasteiger partial charge is 0.452 e. The first-order valence-corrected chi connectivity index (χ1v) is 8.97. The van der Waals surface area contributed by atoms with Crippen LogP contribution in [0.1, 0.15) is 29.8 Å². The van der Waals surface area contributed by atoms with E-state index in [1.807, 2.05) is 44.2 Å². The van der Waals surface area contributed by atoms with Crippen molar-refractivity contribution in [3.05, 3.63) is 65.7 Å². The standard InChI is InChI=1S/C21H26N2O4/c1-16(2)23(14-17-8-4-3-5-9-17)20(25)15-27-21(26)18-10-6-7-11-19(18)22-12-13-24/h3-11,16,22,24H,12-15H2,1-2H3. The summed E-state index contributed by atoms with van der Waals surface area (Å²) in [5, 5.41) is 11.9. The Kier molecular flexibility index (Phi) is 7.82. The van der Waals surface area contributed by atoms with E-state index in [1.165, 1.54) is 0 Å². The number of amides is 1. The van der Waals surface area contributed by atoms with Crippen LogP contribution in [0.5, 0.6) is 0 Å². The van der Waals surface area contributed by atoms with Gasteiger partial charge in [0.25, 0.3) is 5.91 Å². The first-order chi connectivity index (χ1) is 13.0. The number of carbonyl (C=O) groups excluding carboxylic acids is 2. The van der Waals surface area contributed by atoms with Crippen molar-refractivity contribution in [2.24, 2.45) is 0 Å². The van der Waals surface area contributed by atoms with Gasteiger partial charge in [-0.3, -0.25) is 4.79 Å². The molecule has 0 spiro atoms. The van der Waals surface area contributed by atoms with E-state index in [4.69, 9.17) is 9.84 Å². The maximum Gasteiger partial charge on any atom is 0.340 e. The minimum Gasteiger partial charge on any atom is -0.452 e. The van der Waals surface area contributed by atoms with E-state index in [0.29, 0.717) is 24.3 Å². The van der Waals surface area contributed by atoms with Gasteiger partial charge in [0.15, 0.2) is 6.61 Å². The molecule has 1 amide bonds. The van der Waals surface area contributed by atoms with E-state index in [-0.39, 0.29) is 25.2 Å². The van der Waals surface area contributed by atoms with Gasteiger partial charge in [-0.25, -0.2) is 4.79 Å². The highest BCUT2D eigenvalue weighted by atomic mass is 16.5. The Bertz CT molecular complexity index is 747. The van der Waals surface area contributed by atoms with E-state index >= 15 is 0 Å². The second-order valence-electron chi connectivity index (χ2n) is 6.37. The summed E-state index contributed by atoms with van der Waals surface area (Å²) in [5.74, 6) is -0.823. The first kappa shape index (κ1) is 20.5. The average Bonchev–Trinajstić information content (AvgIpc) is 2.69. The number of para-hydroxylation sites is 1. The lowest BCUT2D eigenvalue weighted by Gasteiger charge is -2.26. The Labute approximate surface area is 159 Å². The van der Waals surface area contributed by atoms with Gasteiger partial charge in [-0.05, 0) is 31.5 Å². The van der Waals surface area contributed by atoms with Crippen molar-refractivity contribution in [2.75, 3.05) is 25.1 Å². The van der Waals surface area contributed by atoms with Gasteiger partial charge in [-0.2, -0.15) is 0 Å². The van der Waals surface area contributed by atoms with Crippen molar-refractivity contribution in [3.63, 3.8) is 0 Å². The first-order valence-electron chi connectivity index (χ1n) is 8.97. The molecule has 0 saturated carbocycles. The lowest BCUT2D eigenvalue weighted by Crippen LogP contribution is -2.39. The molecule has 0 fully saturated rings. The maximum atomic E-state index is 12.6. The summed E-state index contributed by atoms with van der Waals surface area (Å²) < 4.78 is 5.25. The van der Waals surface area contributed by atoms with E-state index in [1.54, 1.807) is 29.2 Å². The molecule has 6 nitrogen and oxygen atoms in total. The molecular formula is C21H26N2O4. The van der Waals surface area contributed by atoms with E-state index in [2.05, 4.69) is 5.32 Å². The van der Waals surface area contributed by atoms with Crippen LogP contribution in [0.25, 0.3) is 0 Å². The Balaban J connectivity index is 1.99. The van der Waals surface area contributed by atoms with Crippen LogP contribution in [0.2, 0.25) is 0 Å². The highest BCUT2D eigenvalue weighted by Crippen LogP contribution is 2.16. The van der Waals surface area contributed by atoms with Gasteiger partial charge in [0.2, 0.25) is 0 Å². The fraction of sp³-hybridized carbons (Fsp3) is 0.333. The number of hydrogen-bond acceptors (Lipinski definition) is 5. The summed E-state index contributed by atoms with van der Waals surface area (Å²) in [4.78, 5) is 26.6. The molecule has 144 valence electrons. The summed E-state index contributed by atoms with van der Waals surface area (Å²) >= 11 is 0. The van der Waals surface area contributed by atoms with Gasteiger partial charge in [0.05, 0.1) is 12.2 Å². The minimum absolute atomic E-state index is 0.0186. The molecular weight excluding hydrogens is 344 g/mol. The smallest absolute Gasteiger partial charge is 0.340 e. The van der Waals surface area contributed by atoms with Gasteiger partial charge in [0, 0.05) is 24.8 Å². The van der Waals surface area contributed by atoms with Gasteiger partial charge < -0.3 is 20.1 Å². The molecule has 2 aromatic rings. The third-order valence-corrected chi connectivity index (χ3v) is 4.04. The molecule has 0 aliphatic heterocycles. The van der Waals surface area contributed by atoms with Crippen molar-refractivity contribution in [1.29, 1.82) is 0 Å². The van der Waals surface area contributed by atoms with Crippen LogP contribution in [-0.2, 0) is 16.1 Å². The number of carbonyl (C=O) groups is 2. The lowest BCUT2D eigenvalue weighted by molar-refractivity contribution is -0.136.